The van der Waals surface area contributed by atoms with Gasteiger partial charge in [0.25, 0.3) is 0 Å². The molecule has 0 aromatic rings. The van der Waals surface area contributed by atoms with E-state index in [2.05, 4.69) is 8.67 Å². The van der Waals surface area contributed by atoms with Crippen molar-refractivity contribution in [2.24, 2.45) is 0 Å². The maximum atomic E-state index is 9.37. The van der Waals surface area contributed by atoms with Crippen LogP contribution in [0.4, 0.5) is 0 Å². The zero-order chi connectivity index (χ0) is 13.1. The van der Waals surface area contributed by atoms with Crippen molar-refractivity contribution in [3.8, 4) is 0 Å². The summed E-state index contributed by atoms with van der Waals surface area (Å²) in [4.78, 5) is 8.00. The average Bonchev–Trinajstić information content (AvgIpc) is 2.04. The van der Waals surface area contributed by atoms with Crippen LogP contribution in [0.15, 0.2) is 0 Å². The Morgan fingerprint density at radius 3 is 1.06 bits per heavy atom. The van der Waals surface area contributed by atoms with Crippen molar-refractivity contribution in [1.29, 1.82) is 0 Å². The van der Waals surface area contributed by atoms with Crippen molar-refractivity contribution in [3.63, 3.8) is 0 Å². The van der Waals surface area contributed by atoms with Crippen molar-refractivity contribution in [1.82, 2.24) is 0 Å². The first-order valence-corrected chi connectivity index (χ1v) is 5.46. The maximum Gasteiger partial charge on any atom is 2.00 e. The van der Waals surface area contributed by atoms with E-state index in [-0.39, 0.29) is 98.0 Å². The molecule has 0 spiro atoms. The molecule has 0 heterocycles. The van der Waals surface area contributed by atoms with Crippen molar-refractivity contribution in [3.05, 3.63) is 0 Å². The summed E-state index contributed by atoms with van der Waals surface area (Å²) in [7, 11) is -10.6. The van der Waals surface area contributed by atoms with Gasteiger partial charge in [-0.25, -0.2) is 16.8 Å². The number of rotatable bonds is 3. The smallest absolute Gasteiger partial charge is 0.811 e. The van der Waals surface area contributed by atoms with E-state index in [0.29, 0.717) is 0 Å². The quantitative estimate of drug-likeness (QED) is 0.108. The molecule has 0 aromatic carbocycles. The van der Waals surface area contributed by atoms with Gasteiger partial charge >= 0.3 is 98.0 Å². The van der Waals surface area contributed by atoms with Gasteiger partial charge < -0.3 is 35.3 Å². The predicted octanol–water partition coefficient (Wildman–Crippen LogP) is -8.34. The molecule has 0 aliphatic heterocycles. The summed E-state index contributed by atoms with van der Waals surface area (Å²) in [6, 6.07) is 0. The van der Waals surface area contributed by atoms with Gasteiger partial charge in [-0.2, -0.15) is 0 Å². The van der Waals surface area contributed by atoms with Crippen LogP contribution in [0, 0.1) is 0 Å². The van der Waals surface area contributed by atoms with Gasteiger partial charge in [0.1, 0.15) is 6.79 Å². The van der Waals surface area contributed by atoms with Crippen molar-refractivity contribution < 1.29 is 147 Å². The van der Waals surface area contributed by atoms with Crippen molar-refractivity contribution in [2.45, 2.75) is 0 Å². The molecule has 0 bridgehead atoms. The van der Waals surface area contributed by atoms with Gasteiger partial charge in [0, 0.05) is 0 Å². The normalized spacial score (nSPS) is 8.67. The molecule has 0 saturated heterocycles. The second kappa shape index (κ2) is 22.1. The Morgan fingerprint density at radius 1 is 0.889 bits per heavy atom. The minimum Gasteiger partial charge on any atom is -0.811 e. The maximum absolute atomic E-state index is 9.37. The fourth-order valence-electron chi connectivity index (χ4n) is 0.0680. The third-order valence-corrected chi connectivity index (χ3v) is 0.750. The molecule has 17 heteroatoms. The van der Waals surface area contributed by atoms with Crippen LogP contribution in [0.1, 0.15) is 0 Å². The summed E-state index contributed by atoms with van der Waals surface area (Å²) in [6.07, 6.45) is 0. The van der Waals surface area contributed by atoms with Crippen LogP contribution in [0.25, 0.3) is 0 Å². The summed E-state index contributed by atoms with van der Waals surface area (Å²) in [5.41, 5.74) is 0. The SMILES string of the molecule is C=O.O=S(=O)([O-])OOS(=O)(=O)[O-].[Fe+2].[K+].[Na+].[O-]S[O-]. The van der Waals surface area contributed by atoms with Gasteiger partial charge in [0.05, 0.1) is 0 Å². The first-order valence-electron chi connectivity index (χ1n) is 2.12. The largest absolute Gasteiger partial charge is 2.00 e. The van der Waals surface area contributed by atoms with Crippen LogP contribution in [-0.4, -0.2) is 41.8 Å². The van der Waals surface area contributed by atoms with E-state index in [1.165, 1.54) is 0 Å². The van der Waals surface area contributed by atoms with Crippen LogP contribution in [0.5, 0.6) is 0 Å². The van der Waals surface area contributed by atoms with Crippen LogP contribution >= 0.6 is 12.3 Å². The summed E-state index contributed by atoms with van der Waals surface area (Å²) in [5.74, 6) is 0. The van der Waals surface area contributed by atoms with Crippen LogP contribution < -0.4 is 80.9 Å². The molecule has 18 heavy (non-hydrogen) atoms. The molecule has 11 nitrogen and oxygen atoms in total. The zero-order valence-electron chi connectivity index (χ0n) is 8.78. The van der Waals surface area contributed by atoms with Crippen LogP contribution in [-0.2, 0) is 51.3 Å². The molecule has 0 fully saturated rings. The minimum atomic E-state index is -5.31. The molecule has 0 aromatic heterocycles. The van der Waals surface area contributed by atoms with E-state index in [1.807, 2.05) is 6.79 Å². The third kappa shape index (κ3) is 61.9. The third-order valence-electron chi connectivity index (χ3n) is 0.194. The Hall–Kier alpha value is 2.84. The molecule has 0 amide bonds. The van der Waals surface area contributed by atoms with E-state index in [1.54, 1.807) is 0 Å². The van der Waals surface area contributed by atoms with Crippen molar-refractivity contribution in [2.75, 3.05) is 0 Å². The van der Waals surface area contributed by atoms with E-state index < -0.39 is 33.1 Å². The second-order valence-electron chi connectivity index (χ2n) is 1.02. The van der Waals surface area contributed by atoms with Gasteiger partial charge in [-0.3, -0.25) is 0 Å². The second-order valence-corrected chi connectivity index (χ2v) is 3.06. The first kappa shape index (κ1) is 37.2. The van der Waals surface area contributed by atoms with Crippen LogP contribution in [0.3, 0.4) is 0 Å². The van der Waals surface area contributed by atoms with Gasteiger partial charge in [0.15, 0.2) is 0 Å². The van der Waals surface area contributed by atoms with Gasteiger partial charge in [-0.15, -0.1) is 8.67 Å². The van der Waals surface area contributed by atoms with Gasteiger partial charge in [-0.05, 0) is 0 Å². The molecule has 0 aliphatic rings. The number of carbonyl (C=O) groups excluding carboxylic acids is 1. The molecule has 0 N–H and O–H groups in total. The van der Waals surface area contributed by atoms with E-state index in [9.17, 15) is 25.9 Å². The molecule has 0 rings (SSSR count). The Morgan fingerprint density at radius 2 is 1.00 bits per heavy atom. The van der Waals surface area contributed by atoms with Gasteiger partial charge in [0.2, 0.25) is 20.8 Å². The topological polar surface area (TPSA) is 196 Å². The fraction of sp³-hybridized carbons (Fsp3) is 0. The minimum absolute atomic E-state index is 0. The predicted molar refractivity (Wildman–Crippen MR) is 37.8 cm³/mol. The number of carbonyl (C=O) groups is 1. The molecule has 0 atom stereocenters. The summed E-state index contributed by atoms with van der Waals surface area (Å²) >= 11 is -0.750. The molecule has 0 saturated carbocycles. The number of hydrogen-bond acceptors (Lipinski definition) is 12. The Balaban J connectivity index is -0.0000000396. The van der Waals surface area contributed by atoms with E-state index in [0.717, 1.165) is 0 Å². The first-order chi connectivity index (χ1) is 6.62. The van der Waals surface area contributed by atoms with E-state index >= 15 is 0 Å². The molecule has 100 valence electrons. The monoisotopic (exact) mass is 404 g/mol. The Bertz CT molecular complexity index is 294. The fourth-order valence-corrected chi connectivity index (χ4v) is 0.612. The summed E-state index contributed by atoms with van der Waals surface area (Å²) in [6.45, 7) is 2.00. The zero-order valence-corrected chi connectivity index (χ0v) is 17.5. The molecule has 0 unspecified atom stereocenters. The van der Waals surface area contributed by atoms with E-state index in [4.69, 9.17) is 13.9 Å². The standard InChI is InChI=1S/CH2O.Fe.K.Na.H2O8S2.H2O2S/c1-2;;;;1-9(2,3)7-8-10(4,5)6;1-3-2/h1H2;;;;(H,1,2,3)(H,4,5,6);1-2H/q;+2;2*+1;;/p-4. The van der Waals surface area contributed by atoms with Crippen molar-refractivity contribution >= 4 is 39.9 Å². The summed E-state index contributed by atoms with van der Waals surface area (Å²) < 4.78 is 78.0. The van der Waals surface area contributed by atoms with Gasteiger partial charge in [-0.1, -0.05) is 0 Å². The Kier molecular flexibility index (Phi) is 45.8. The average molecular weight is 404 g/mol. The Labute approximate surface area is 183 Å². The molecule has 0 aliphatic carbocycles. The summed E-state index contributed by atoms with van der Waals surface area (Å²) in [5, 5.41) is 0. The molecule has 0 radical (unpaired) electrons. The van der Waals surface area contributed by atoms with Crippen LogP contribution in [0.2, 0.25) is 0 Å². The number of hydrogen-bond donors (Lipinski definition) is 0. The molecular weight excluding hydrogens is 402 g/mol. The molecular formula is CH2FeKNaO11S3.